The predicted octanol–water partition coefficient (Wildman–Crippen LogP) is 3.49. The molecule has 0 aliphatic carbocycles. The molecule has 0 unspecified atom stereocenters. The van der Waals surface area contributed by atoms with Crippen LogP contribution in [0.1, 0.15) is 32.4 Å². The van der Waals surface area contributed by atoms with Crippen LogP contribution < -0.4 is 10.2 Å². The summed E-state index contributed by atoms with van der Waals surface area (Å²) in [6, 6.07) is 8.62. The molecule has 0 atom stereocenters. The van der Waals surface area contributed by atoms with Gasteiger partial charge in [0.2, 0.25) is 17.7 Å². The summed E-state index contributed by atoms with van der Waals surface area (Å²) in [6.07, 6.45) is 3.97. The van der Waals surface area contributed by atoms with Crippen molar-refractivity contribution in [1.29, 1.82) is 0 Å². The van der Waals surface area contributed by atoms with E-state index in [1.807, 2.05) is 36.6 Å². The first-order valence-corrected chi connectivity index (χ1v) is 11.7. The number of aromatic nitrogens is 4. The Morgan fingerprint density at radius 3 is 2.62 bits per heavy atom. The highest BCUT2D eigenvalue weighted by molar-refractivity contribution is 5.94. The number of carbonyl (C=O) groups excluding carboxylic acids is 1. The molecule has 0 saturated carbocycles. The fourth-order valence-corrected chi connectivity index (χ4v) is 4.57. The van der Waals surface area contributed by atoms with Crippen molar-refractivity contribution in [2.75, 3.05) is 36.4 Å². The van der Waals surface area contributed by atoms with Gasteiger partial charge in [-0.05, 0) is 36.9 Å². The van der Waals surface area contributed by atoms with Gasteiger partial charge in [-0.2, -0.15) is 4.98 Å². The molecular weight excluding hydrogens is 430 g/mol. The zero-order chi connectivity index (χ0) is 24.0. The summed E-state index contributed by atoms with van der Waals surface area (Å²) in [6.45, 7) is 8.81. The number of aryl methyl sites for hydroxylation is 1. The molecule has 1 aliphatic rings. The topological polar surface area (TPSA) is 91.5 Å². The van der Waals surface area contributed by atoms with E-state index >= 15 is 0 Å². The monoisotopic (exact) mass is 461 g/mol. The van der Waals surface area contributed by atoms with Crippen LogP contribution in [0.25, 0.3) is 21.8 Å². The molecule has 9 nitrogen and oxygen atoms in total. The lowest BCUT2D eigenvalue weighted by Crippen LogP contribution is -2.48. The van der Waals surface area contributed by atoms with Crippen molar-refractivity contribution in [3.8, 4) is 5.88 Å². The Labute approximate surface area is 198 Å². The summed E-state index contributed by atoms with van der Waals surface area (Å²) in [7, 11) is 2.04. The summed E-state index contributed by atoms with van der Waals surface area (Å²) < 4.78 is 3.93. The minimum Gasteiger partial charge on any atom is -0.493 e. The lowest BCUT2D eigenvalue weighted by atomic mass is 10.1. The Balaban J connectivity index is 1.48. The van der Waals surface area contributed by atoms with E-state index in [4.69, 9.17) is 9.97 Å². The molecule has 2 N–H and O–H groups in total. The number of hydrogen-bond donors (Lipinski definition) is 2. The molecule has 0 radical (unpaired) electrons. The van der Waals surface area contributed by atoms with E-state index in [0.717, 1.165) is 10.9 Å². The largest absolute Gasteiger partial charge is 0.493 e. The van der Waals surface area contributed by atoms with Gasteiger partial charge in [-0.1, -0.05) is 12.1 Å². The first-order chi connectivity index (χ1) is 16.3. The van der Waals surface area contributed by atoms with Crippen molar-refractivity contribution in [2.45, 2.75) is 33.4 Å². The van der Waals surface area contributed by atoms with E-state index < -0.39 is 0 Å². The first-order valence-electron chi connectivity index (χ1n) is 11.7. The third kappa shape index (κ3) is 3.91. The first kappa shape index (κ1) is 22.1. The molecule has 5 rings (SSSR count). The number of anilines is 2. The fraction of sp³-hybridized carbons (Fsp3) is 0.400. The normalized spacial score (nSPS) is 14.5. The lowest BCUT2D eigenvalue weighted by Gasteiger charge is -2.34. The molecule has 9 heteroatoms. The van der Waals surface area contributed by atoms with Crippen LogP contribution in [-0.2, 0) is 18.4 Å². The number of carbonyl (C=O) groups is 1. The molecule has 0 bridgehead atoms. The van der Waals surface area contributed by atoms with Crippen LogP contribution in [0.15, 0.2) is 36.7 Å². The summed E-state index contributed by atoms with van der Waals surface area (Å²) in [4.78, 5) is 25.2. The van der Waals surface area contributed by atoms with Crippen molar-refractivity contribution in [3.05, 3.63) is 42.2 Å². The van der Waals surface area contributed by atoms with E-state index in [1.54, 1.807) is 6.92 Å². The van der Waals surface area contributed by atoms with Crippen LogP contribution >= 0.6 is 0 Å². The van der Waals surface area contributed by atoms with Gasteiger partial charge in [0.1, 0.15) is 11.3 Å². The summed E-state index contributed by atoms with van der Waals surface area (Å²) in [5.74, 6) is 1.48. The Bertz CT molecular complexity index is 1360. The van der Waals surface area contributed by atoms with Crippen molar-refractivity contribution in [1.82, 2.24) is 24.0 Å². The molecule has 1 saturated heterocycles. The van der Waals surface area contributed by atoms with E-state index in [9.17, 15) is 9.90 Å². The zero-order valence-corrected chi connectivity index (χ0v) is 20.1. The quantitative estimate of drug-likeness (QED) is 0.473. The third-order valence-electron chi connectivity index (χ3n) is 6.64. The maximum absolute atomic E-state index is 11.7. The van der Waals surface area contributed by atoms with Crippen LogP contribution in [-0.4, -0.2) is 61.2 Å². The van der Waals surface area contributed by atoms with Gasteiger partial charge < -0.3 is 29.4 Å². The van der Waals surface area contributed by atoms with Crippen molar-refractivity contribution in [3.63, 3.8) is 0 Å². The highest BCUT2D eigenvalue weighted by Crippen LogP contribution is 2.34. The van der Waals surface area contributed by atoms with Gasteiger partial charge in [0.05, 0.1) is 5.39 Å². The van der Waals surface area contributed by atoms with Gasteiger partial charge in [-0.15, -0.1) is 0 Å². The molecule has 34 heavy (non-hydrogen) atoms. The van der Waals surface area contributed by atoms with Gasteiger partial charge in [0, 0.05) is 70.6 Å². The highest BCUT2D eigenvalue weighted by Gasteiger charge is 2.24. The highest BCUT2D eigenvalue weighted by atomic mass is 16.3. The standard InChI is InChI=1S/C25H31N7O2/c1-16(2)32-15-20-22(24(32)34)27-25(31-11-9-30(10-12-31)17(3)33)28-23(20)26-14-18-5-6-19-7-8-29(4)21(19)13-18/h5-8,13,15-16,34H,9-12,14H2,1-4H3,(H,26,27,28). The Hall–Kier alpha value is -3.75. The van der Waals surface area contributed by atoms with E-state index in [-0.39, 0.29) is 17.8 Å². The SMILES string of the molecule is CC(=O)N1CCN(c2nc(NCc3ccc4ccn(C)c4c3)c3cn(C(C)C)c(O)c3n2)CC1. The van der Waals surface area contributed by atoms with Crippen molar-refractivity contribution in [2.24, 2.45) is 7.05 Å². The second kappa shape index (κ2) is 8.55. The van der Waals surface area contributed by atoms with E-state index in [0.29, 0.717) is 50.0 Å². The smallest absolute Gasteiger partial charge is 0.228 e. The number of benzene rings is 1. The number of nitrogens with one attached hydrogen (secondary N) is 1. The van der Waals surface area contributed by atoms with Gasteiger partial charge in [-0.25, -0.2) is 4.98 Å². The summed E-state index contributed by atoms with van der Waals surface area (Å²) in [5, 5.41) is 16.4. The van der Waals surface area contributed by atoms with Gasteiger partial charge in [0.15, 0.2) is 0 Å². The summed E-state index contributed by atoms with van der Waals surface area (Å²) in [5.41, 5.74) is 2.86. The maximum atomic E-state index is 11.7. The fourth-order valence-electron chi connectivity index (χ4n) is 4.57. The van der Waals surface area contributed by atoms with Gasteiger partial charge >= 0.3 is 0 Å². The second-order valence-electron chi connectivity index (χ2n) is 9.25. The predicted molar refractivity (Wildman–Crippen MR) is 134 cm³/mol. The maximum Gasteiger partial charge on any atom is 0.228 e. The van der Waals surface area contributed by atoms with E-state index in [2.05, 4.69) is 45.2 Å². The molecule has 3 aromatic heterocycles. The molecular formula is C25H31N7O2. The number of piperazine rings is 1. The average Bonchev–Trinajstić information content (AvgIpc) is 3.37. The minimum atomic E-state index is 0.0835. The van der Waals surface area contributed by atoms with Crippen LogP contribution in [0.5, 0.6) is 5.88 Å². The molecule has 1 amide bonds. The molecule has 4 aromatic rings. The third-order valence-corrected chi connectivity index (χ3v) is 6.64. The van der Waals surface area contributed by atoms with E-state index in [1.165, 1.54) is 10.9 Å². The minimum absolute atomic E-state index is 0.0835. The van der Waals surface area contributed by atoms with Crippen LogP contribution in [0.3, 0.4) is 0 Å². The Morgan fingerprint density at radius 1 is 1.15 bits per heavy atom. The van der Waals surface area contributed by atoms with Gasteiger partial charge in [0.25, 0.3) is 0 Å². The number of rotatable bonds is 5. The zero-order valence-electron chi connectivity index (χ0n) is 20.1. The molecule has 1 aliphatic heterocycles. The average molecular weight is 462 g/mol. The number of amides is 1. The molecule has 1 fully saturated rings. The molecule has 0 spiro atoms. The lowest BCUT2D eigenvalue weighted by molar-refractivity contribution is -0.129. The number of fused-ring (bicyclic) bond motifs is 2. The van der Waals surface area contributed by atoms with Crippen molar-refractivity contribution >= 4 is 39.5 Å². The second-order valence-corrected chi connectivity index (χ2v) is 9.25. The van der Waals surface area contributed by atoms with Crippen LogP contribution in [0, 0.1) is 0 Å². The molecule has 1 aromatic carbocycles. The number of nitrogens with zero attached hydrogens (tertiary/aromatic N) is 6. The van der Waals surface area contributed by atoms with Crippen molar-refractivity contribution < 1.29 is 9.90 Å². The Kier molecular flexibility index (Phi) is 5.55. The summed E-state index contributed by atoms with van der Waals surface area (Å²) >= 11 is 0. The van der Waals surface area contributed by atoms with Crippen LogP contribution in [0.2, 0.25) is 0 Å². The number of aromatic hydroxyl groups is 1. The van der Waals surface area contributed by atoms with Gasteiger partial charge in [-0.3, -0.25) is 4.79 Å². The Morgan fingerprint density at radius 2 is 1.91 bits per heavy atom. The van der Waals surface area contributed by atoms with Crippen LogP contribution in [0.4, 0.5) is 11.8 Å². The molecule has 4 heterocycles. The molecule has 178 valence electrons. The number of hydrogen-bond acceptors (Lipinski definition) is 6.